The summed E-state index contributed by atoms with van der Waals surface area (Å²) in [6.45, 7) is 6.39. The SMILES string of the molecule is Cc1cccc(OCC(=O)c2ccc3c(c2)N([C@H](C)C(=O)NC[C@H]2CCCO2)C(=O)CO3)c1C. The van der Waals surface area contributed by atoms with Crippen molar-refractivity contribution in [1.82, 2.24) is 5.32 Å². The third-order valence-electron chi connectivity index (χ3n) is 6.37. The number of ether oxygens (including phenoxy) is 3. The molecule has 0 bridgehead atoms. The van der Waals surface area contributed by atoms with Crippen LogP contribution in [-0.4, -0.2) is 56.1 Å². The van der Waals surface area contributed by atoms with Crippen molar-refractivity contribution in [3.63, 3.8) is 0 Å². The van der Waals surface area contributed by atoms with E-state index in [1.165, 1.54) is 4.90 Å². The van der Waals surface area contributed by atoms with E-state index in [1.807, 2.05) is 32.0 Å². The van der Waals surface area contributed by atoms with Crippen molar-refractivity contribution in [3.8, 4) is 11.5 Å². The highest BCUT2D eigenvalue weighted by molar-refractivity contribution is 6.05. The first-order chi connectivity index (χ1) is 16.3. The molecule has 34 heavy (non-hydrogen) atoms. The zero-order valence-electron chi connectivity index (χ0n) is 19.8. The van der Waals surface area contributed by atoms with Gasteiger partial charge in [-0.1, -0.05) is 12.1 Å². The molecule has 8 heteroatoms. The number of nitrogens with one attached hydrogen (secondary N) is 1. The van der Waals surface area contributed by atoms with Gasteiger partial charge in [0.2, 0.25) is 5.91 Å². The summed E-state index contributed by atoms with van der Waals surface area (Å²) >= 11 is 0. The fraction of sp³-hybridized carbons (Fsp3) is 0.423. The van der Waals surface area contributed by atoms with Crippen molar-refractivity contribution in [1.29, 1.82) is 0 Å². The summed E-state index contributed by atoms with van der Waals surface area (Å²) in [5.41, 5.74) is 2.83. The van der Waals surface area contributed by atoms with Crippen LogP contribution < -0.4 is 19.7 Å². The largest absolute Gasteiger partial charge is 0.485 e. The van der Waals surface area contributed by atoms with Crippen LogP contribution in [0.1, 0.15) is 41.3 Å². The molecule has 1 saturated heterocycles. The number of fused-ring (bicyclic) bond motifs is 1. The lowest BCUT2D eigenvalue weighted by atomic mass is 10.1. The van der Waals surface area contributed by atoms with Gasteiger partial charge in [-0.3, -0.25) is 19.3 Å². The van der Waals surface area contributed by atoms with E-state index >= 15 is 0 Å². The predicted octanol–water partition coefficient (Wildman–Crippen LogP) is 2.97. The van der Waals surface area contributed by atoms with Crippen LogP contribution in [-0.2, 0) is 14.3 Å². The Bertz CT molecular complexity index is 1090. The van der Waals surface area contributed by atoms with Gasteiger partial charge in [-0.15, -0.1) is 0 Å². The average Bonchev–Trinajstić information content (AvgIpc) is 3.36. The molecule has 2 amide bonds. The Morgan fingerprint density at radius 1 is 1.24 bits per heavy atom. The van der Waals surface area contributed by atoms with Gasteiger partial charge in [0.05, 0.1) is 11.8 Å². The molecule has 0 radical (unpaired) electrons. The van der Waals surface area contributed by atoms with E-state index in [0.717, 1.165) is 24.0 Å². The van der Waals surface area contributed by atoms with E-state index in [-0.39, 0.29) is 36.9 Å². The van der Waals surface area contributed by atoms with Gasteiger partial charge in [0.15, 0.2) is 19.0 Å². The standard InChI is InChI=1S/C26H30N2O6/c1-16-6-4-8-23(17(16)2)33-14-22(29)19-9-10-24-21(12-19)28(25(30)15-34-24)18(3)26(31)27-13-20-7-5-11-32-20/h4,6,8-10,12,18,20H,5,7,11,13-15H2,1-3H3,(H,27,31)/t18-,20-/m1/s1. The number of hydrogen-bond donors (Lipinski definition) is 1. The summed E-state index contributed by atoms with van der Waals surface area (Å²) in [7, 11) is 0. The summed E-state index contributed by atoms with van der Waals surface area (Å²) in [5.74, 6) is 0.237. The monoisotopic (exact) mass is 466 g/mol. The van der Waals surface area contributed by atoms with Gasteiger partial charge >= 0.3 is 0 Å². The molecule has 1 fully saturated rings. The Kier molecular flexibility index (Phi) is 7.17. The van der Waals surface area contributed by atoms with Crippen LogP contribution >= 0.6 is 0 Å². The Morgan fingerprint density at radius 2 is 2.06 bits per heavy atom. The maximum atomic E-state index is 12.9. The lowest BCUT2D eigenvalue weighted by Crippen LogP contribution is -2.52. The van der Waals surface area contributed by atoms with Crippen molar-refractivity contribution in [2.24, 2.45) is 0 Å². The van der Waals surface area contributed by atoms with Crippen molar-refractivity contribution < 1.29 is 28.6 Å². The van der Waals surface area contributed by atoms with Gasteiger partial charge in [0.1, 0.15) is 17.5 Å². The second-order valence-electron chi connectivity index (χ2n) is 8.70. The minimum Gasteiger partial charge on any atom is -0.485 e. The van der Waals surface area contributed by atoms with Gasteiger partial charge in [0, 0.05) is 18.7 Å². The highest BCUT2D eigenvalue weighted by Gasteiger charge is 2.34. The first kappa shape index (κ1) is 23.8. The molecule has 0 aliphatic carbocycles. The van der Waals surface area contributed by atoms with Crippen LogP contribution in [0.2, 0.25) is 0 Å². The molecule has 2 heterocycles. The summed E-state index contributed by atoms with van der Waals surface area (Å²) in [5, 5.41) is 2.87. The molecule has 0 unspecified atom stereocenters. The zero-order valence-corrected chi connectivity index (χ0v) is 19.8. The maximum absolute atomic E-state index is 12.9. The summed E-state index contributed by atoms with van der Waals surface area (Å²) in [6, 6.07) is 9.80. The molecule has 2 aromatic carbocycles. The molecular weight excluding hydrogens is 436 g/mol. The zero-order chi connectivity index (χ0) is 24.2. The molecule has 180 valence electrons. The highest BCUT2D eigenvalue weighted by Crippen LogP contribution is 2.34. The number of Topliss-reactive ketones (excluding diaryl/α,β-unsaturated/α-hetero) is 1. The quantitative estimate of drug-likeness (QED) is 0.601. The summed E-state index contributed by atoms with van der Waals surface area (Å²) in [4.78, 5) is 39.8. The Balaban J connectivity index is 1.48. The molecule has 2 aromatic rings. The maximum Gasteiger partial charge on any atom is 0.265 e. The Hall–Kier alpha value is -3.39. The van der Waals surface area contributed by atoms with Gasteiger partial charge in [-0.05, 0) is 69.0 Å². The van der Waals surface area contributed by atoms with E-state index in [9.17, 15) is 14.4 Å². The van der Waals surface area contributed by atoms with Gasteiger partial charge < -0.3 is 19.5 Å². The number of ketones is 1. The van der Waals surface area contributed by atoms with Crippen LogP contribution in [0.5, 0.6) is 11.5 Å². The summed E-state index contributed by atoms with van der Waals surface area (Å²) in [6.07, 6.45) is 1.89. The lowest BCUT2D eigenvalue weighted by molar-refractivity contribution is -0.127. The first-order valence-corrected chi connectivity index (χ1v) is 11.6. The van der Waals surface area contributed by atoms with E-state index in [2.05, 4.69) is 5.32 Å². The fourth-order valence-corrected chi connectivity index (χ4v) is 4.16. The molecule has 4 rings (SSSR count). The number of nitrogens with zero attached hydrogens (tertiary/aromatic N) is 1. The normalized spacial score (nSPS) is 18.1. The van der Waals surface area contributed by atoms with Crippen molar-refractivity contribution in [2.75, 3.05) is 31.3 Å². The molecule has 2 aliphatic heterocycles. The average molecular weight is 467 g/mol. The Morgan fingerprint density at radius 3 is 2.82 bits per heavy atom. The fourth-order valence-electron chi connectivity index (χ4n) is 4.16. The number of benzene rings is 2. The molecule has 1 N–H and O–H groups in total. The molecule has 0 aromatic heterocycles. The molecule has 8 nitrogen and oxygen atoms in total. The van der Waals surface area contributed by atoms with E-state index in [4.69, 9.17) is 14.2 Å². The van der Waals surface area contributed by atoms with Crippen LogP contribution in [0.15, 0.2) is 36.4 Å². The second-order valence-corrected chi connectivity index (χ2v) is 8.70. The highest BCUT2D eigenvalue weighted by atomic mass is 16.5. The number of carbonyl (C=O) groups is 3. The predicted molar refractivity (Wildman–Crippen MR) is 127 cm³/mol. The number of anilines is 1. The molecule has 0 saturated carbocycles. The number of aryl methyl sites for hydroxylation is 1. The number of amides is 2. The second kappa shape index (κ2) is 10.3. The van der Waals surface area contributed by atoms with Crippen LogP contribution in [0.25, 0.3) is 0 Å². The van der Waals surface area contributed by atoms with E-state index in [1.54, 1.807) is 25.1 Å². The first-order valence-electron chi connectivity index (χ1n) is 11.6. The molecule has 2 aliphatic rings. The van der Waals surface area contributed by atoms with Crippen molar-refractivity contribution in [3.05, 3.63) is 53.1 Å². The topological polar surface area (TPSA) is 94.2 Å². The van der Waals surface area contributed by atoms with Crippen LogP contribution in [0.4, 0.5) is 5.69 Å². The molecule has 0 spiro atoms. The minimum atomic E-state index is -0.770. The van der Waals surface area contributed by atoms with E-state index < -0.39 is 6.04 Å². The third kappa shape index (κ3) is 5.07. The van der Waals surface area contributed by atoms with Crippen molar-refractivity contribution >= 4 is 23.3 Å². The lowest BCUT2D eigenvalue weighted by Gasteiger charge is -2.33. The number of carbonyl (C=O) groups excluding carboxylic acids is 3. The van der Waals surface area contributed by atoms with Gasteiger partial charge in [-0.2, -0.15) is 0 Å². The third-order valence-corrected chi connectivity index (χ3v) is 6.37. The molecular formula is C26H30N2O6. The smallest absolute Gasteiger partial charge is 0.265 e. The number of rotatable bonds is 8. The minimum absolute atomic E-state index is 0.00471. The summed E-state index contributed by atoms with van der Waals surface area (Å²) < 4.78 is 16.9. The molecule has 2 atom stereocenters. The van der Waals surface area contributed by atoms with Gasteiger partial charge in [-0.25, -0.2) is 0 Å². The van der Waals surface area contributed by atoms with Crippen molar-refractivity contribution in [2.45, 2.75) is 45.8 Å². The van der Waals surface area contributed by atoms with E-state index in [0.29, 0.717) is 35.9 Å². The Labute approximate surface area is 199 Å². The van der Waals surface area contributed by atoms with Gasteiger partial charge in [0.25, 0.3) is 5.91 Å². The number of hydrogen-bond acceptors (Lipinski definition) is 6. The van der Waals surface area contributed by atoms with Crippen LogP contribution in [0, 0.1) is 13.8 Å². The van der Waals surface area contributed by atoms with Crippen LogP contribution in [0.3, 0.4) is 0 Å².